The molecular weight excluding hydrogens is 498 g/mol. The lowest BCUT2D eigenvalue weighted by molar-refractivity contribution is -0.143. The zero-order valence-electron chi connectivity index (χ0n) is 22.3. The van der Waals surface area contributed by atoms with Crippen LogP contribution in [0, 0.1) is 0 Å². The number of likely N-dealkylation sites (tertiary alicyclic amines) is 1. The molecule has 208 valence electrons. The zero-order chi connectivity index (χ0) is 27.0. The Labute approximate surface area is 228 Å². The van der Waals surface area contributed by atoms with E-state index in [1.807, 2.05) is 24.3 Å². The molecule has 39 heavy (non-hydrogen) atoms. The van der Waals surface area contributed by atoms with Crippen molar-refractivity contribution in [3.05, 3.63) is 40.3 Å². The van der Waals surface area contributed by atoms with Gasteiger partial charge in [0.05, 0.1) is 12.1 Å². The predicted molar refractivity (Wildman–Crippen MR) is 144 cm³/mol. The summed E-state index contributed by atoms with van der Waals surface area (Å²) in [7, 11) is 0. The molecule has 3 heterocycles. The summed E-state index contributed by atoms with van der Waals surface area (Å²) in [5.74, 6) is -0.755. The average molecular weight is 536 g/mol. The van der Waals surface area contributed by atoms with Gasteiger partial charge in [-0.2, -0.15) is 0 Å². The zero-order valence-corrected chi connectivity index (χ0v) is 22.3. The molecule has 1 N–H and O–H groups in total. The number of hydrogen-bond donors (Lipinski definition) is 1. The highest BCUT2D eigenvalue weighted by Gasteiger charge is 2.56. The summed E-state index contributed by atoms with van der Waals surface area (Å²) in [4.78, 5) is 49.5. The molecular formula is C28H37N7O4. The Bertz CT molecular complexity index is 1150. The summed E-state index contributed by atoms with van der Waals surface area (Å²) in [5, 5.41) is 6.88. The van der Waals surface area contributed by atoms with Gasteiger partial charge in [-0.25, -0.2) is 0 Å². The molecule has 2 aliphatic carbocycles. The molecule has 1 aromatic rings. The third kappa shape index (κ3) is 4.88. The molecule has 0 unspecified atom stereocenters. The number of amides is 2. The van der Waals surface area contributed by atoms with Gasteiger partial charge >= 0.3 is 0 Å². The number of fused-ring (bicyclic) bond motifs is 1. The van der Waals surface area contributed by atoms with Gasteiger partial charge in [-0.1, -0.05) is 30.8 Å². The molecule has 3 saturated heterocycles. The van der Waals surface area contributed by atoms with E-state index in [0.29, 0.717) is 18.4 Å². The average Bonchev–Trinajstić information content (AvgIpc) is 3.49. The monoisotopic (exact) mass is 535 g/mol. The Morgan fingerprint density at radius 1 is 1.03 bits per heavy atom. The second-order valence-corrected chi connectivity index (χ2v) is 11.7. The van der Waals surface area contributed by atoms with Crippen molar-refractivity contribution in [1.29, 1.82) is 0 Å². The number of hydrogen-bond acceptors (Lipinski definition) is 7. The molecule has 0 spiro atoms. The summed E-state index contributed by atoms with van der Waals surface area (Å²) in [6, 6.07) is 7.04. The van der Waals surface area contributed by atoms with E-state index in [9.17, 15) is 14.4 Å². The SMILES string of the molecule is [N-]=[N+]=N[C@@H]1CN(C(=O)C2(NC(=O)c3ccc(N4CCN(C5CCC5)CC4)cc3)CCCCC2)[C@@H]2C(=O)CO[C@@H]21. The van der Waals surface area contributed by atoms with E-state index in [1.54, 1.807) is 0 Å². The summed E-state index contributed by atoms with van der Waals surface area (Å²) in [6.45, 7) is 4.13. The van der Waals surface area contributed by atoms with Crippen LogP contribution >= 0.6 is 0 Å². The number of rotatable bonds is 6. The van der Waals surface area contributed by atoms with Crippen LogP contribution in [0.25, 0.3) is 10.4 Å². The molecule has 11 nitrogen and oxygen atoms in total. The van der Waals surface area contributed by atoms with E-state index in [0.717, 1.165) is 57.2 Å². The van der Waals surface area contributed by atoms with Gasteiger partial charge in [0.15, 0.2) is 5.78 Å². The lowest BCUT2D eigenvalue weighted by Gasteiger charge is -2.43. The number of azide groups is 1. The highest BCUT2D eigenvalue weighted by atomic mass is 16.5. The van der Waals surface area contributed by atoms with E-state index >= 15 is 0 Å². The molecule has 5 aliphatic rings. The fourth-order valence-corrected chi connectivity index (χ4v) is 7.04. The first-order valence-electron chi connectivity index (χ1n) is 14.4. The van der Waals surface area contributed by atoms with E-state index in [4.69, 9.17) is 10.3 Å². The maximum absolute atomic E-state index is 14.0. The molecule has 0 radical (unpaired) electrons. The van der Waals surface area contributed by atoms with Gasteiger partial charge in [0.25, 0.3) is 5.91 Å². The third-order valence-electron chi connectivity index (χ3n) is 9.49. The number of piperazine rings is 1. The van der Waals surface area contributed by atoms with Crippen molar-refractivity contribution in [2.75, 3.05) is 44.2 Å². The minimum atomic E-state index is -1.09. The normalized spacial score (nSPS) is 28.9. The fraction of sp³-hybridized carbons (Fsp3) is 0.679. The van der Waals surface area contributed by atoms with Crippen LogP contribution in [-0.4, -0.2) is 96.5 Å². The van der Waals surface area contributed by atoms with Gasteiger partial charge in [-0.05, 0) is 55.5 Å². The number of carbonyl (C=O) groups is 3. The van der Waals surface area contributed by atoms with Gasteiger partial charge < -0.3 is 19.9 Å². The van der Waals surface area contributed by atoms with Crippen molar-refractivity contribution in [1.82, 2.24) is 15.1 Å². The maximum atomic E-state index is 14.0. The van der Waals surface area contributed by atoms with E-state index in [-0.39, 0.29) is 30.7 Å². The molecule has 0 bridgehead atoms. The Balaban J connectivity index is 1.15. The van der Waals surface area contributed by atoms with Crippen LogP contribution in [0.15, 0.2) is 29.4 Å². The predicted octanol–water partition coefficient (Wildman–Crippen LogP) is 2.65. The molecule has 2 amide bonds. The van der Waals surface area contributed by atoms with Crippen molar-refractivity contribution in [3.8, 4) is 0 Å². The van der Waals surface area contributed by atoms with Gasteiger partial charge in [0, 0.05) is 54.9 Å². The summed E-state index contributed by atoms with van der Waals surface area (Å²) >= 11 is 0. The lowest BCUT2D eigenvalue weighted by Crippen LogP contribution is -2.62. The summed E-state index contributed by atoms with van der Waals surface area (Å²) < 4.78 is 5.59. The minimum Gasteiger partial charge on any atom is -0.369 e. The number of nitrogens with one attached hydrogen (secondary N) is 1. The van der Waals surface area contributed by atoms with Crippen molar-refractivity contribution in [3.63, 3.8) is 0 Å². The van der Waals surface area contributed by atoms with Crippen LogP contribution in [-0.2, 0) is 14.3 Å². The van der Waals surface area contributed by atoms with Crippen molar-refractivity contribution < 1.29 is 19.1 Å². The number of nitrogens with zero attached hydrogens (tertiary/aromatic N) is 6. The number of Topliss-reactive ketones (excluding diaryl/α,β-unsaturated/α-hetero) is 1. The third-order valence-corrected chi connectivity index (χ3v) is 9.49. The van der Waals surface area contributed by atoms with Crippen LogP contribution in [0.4, 0.5) is 5.69 Å². The molecule has 0 aromatic heterocycles. The van der Waals surface area contributed by atoms with Gasteiger partial charge in [-0.3, -0.25) is 19.3 Å². The number of carbonyl (C=O) groups excluding carboxylic acids is 3. The molecule has 5 fully saturated rings. The van der Waals surface area contributed by atoms with Crippen molar-refractivity contribution in [2.45, 2.75) is 81.1 Å². The first-order valence-corrected chi connectivity index (χ1v) is 14.4. The largest absolute Gasteiger partial charge is 0.369 e. The number of anilines is 1. The van der Waals surface area contributed by atoms with Crippen LogP contribution in [0.2, 0.25) is 0 Å². The van der Waals surface area contributed by atoms with Crippen LogP contribution in [0.3, 0.4) is 0 Å². The van der Waals surface area contributed by atoms with E-state index in [1.165, 1.54) is 24.2 Å². The molecule has 1 aromatic carbocycles. The molecule has 3 atom stereocenters. The molecule has 3 aliphatic heterocycles. The van der Waals surface area contributed by atoms with Gasteiger partial charge in [0.2, 0.25) is 5.91 Å². The molecule has 2 saturated carbocycles. The second-order valence-electron chi connectivity index (χ2n) is 11.7. The van der Waals surface area contributed by atoms with Crippen molar-refractivity contribution in [2.24, 2.45) is 5.11 Å². The molecule has 11 heteroatoms. The first-order chi connectivity index (χ1) is 19.0. The second kappa shape index (κ2) is 10.8. The highest BCUT2D eigenvalue weighted by molar-refractivity contribution is 6.01. The fourth-order valence-electron chi connectivity index (χ4n) is 7.04. The number of ketones is 1. The summed E-state index contributed by atoms with van der Waals surface area (Å²) in [5.41, 5.74) is 9.51. The van der Waals surface area contributed by atoms with Crippen LogP contribution in [0.5, 0.6) is 0 Å². The highest BCUT2D eigenvalue weighted by Crippen LogP contribution is 2.36. The lowest BCUT2D eigenvalue weighted by atomic mass is 9.80. The summed E-state index contributed by atoms with van der Waals surface area (Å²) in [6.07, 6.45) is 7.00. The Morgan fingerprint density at radius 2 is 1.74 bits per heavy atom. The topological polar surface area (TPSA) is 131 Å². The van der Waals surface area contributed by atoms with Gasteiger partial charge in [-0.15, -0.1) is 0 Å². The van der Waals surface area contributed by atoms with Crippen LogP contribution < -0.4 is 10.2 Å². The number of benzene rings is 1. The smallest absolute Gasteiger partial charge is 0.252 e. The van der Waals surface area contributed by atoms with Gasteiger partial charge in [0.1, 0.15) is 18.2 Å². The Morgan fingerprint density at radius 3 is 2.38 bits per heavy atom. The minimum absolute atomic E-state index is 0.0993. The van der Waals surface area contributed by atoms with Crippen LogP contribution in [0.1, 0.15) is 61.7 Å². The number of ether oxygens (including phenoxy) is 1. The quantitative estimate of drug-likeness (QED) is 0.339. The Kier molecular flexibility index (Phi) is 7.22. The Hall–Kier alpha value is -3.14. The van der Waals surface area contributed by atoms with E-state index in [2.05, 4.69) is 25.1 Å². The van der Waals surface area contributed by atoms with Crippen molar-refractivity contribution >= 4 is 23.3 Å². The molecule has 6 rings (SSSR count). The standard InChI is InChI=1S/C28H37N7O4/c29-32-31-22-17-35(24-23(36)18-39-25(22)24)27(38)28(11-2-1-3-12-28)30-26(37)19-7-9-21(10-8-19)34-15-13-33(14-16-34)20-5-4-6-20/h7-10,20,22,24-25H,1-6,11-18H2,(H,30,37)/t22-,24-,25-/m1/s1. The maximum Gasteiger partial charge on any atom is 0.252 e. The first kappa shape index (κ1) is 26.1. The van der Waals surface area contributed by atoms with E-state index < -0.39 is 23.7 Å².